The van der Waals surface area contributed by atoms with Gasteiger partial charge in [-0.25, -0.2) is 14.7 Å². The van der Waals surface area contributed by atoms with Crippen LogP contribution in [0.3, 0.4) is 0 Å². The summed E-state index contributed by atoms with van der Waals surface area (Å²) in [6, 6.07) is 25.2. The van der Waals surface area contributed by atoms with Gasteiger partial charge in [0.1, 0.15) is 5.82 Å². The maximum absolute atomic E-state index is 14.4. The summed E-state index contributed by atoms with van der Waals surface area (Å²) in [6.45, 7) is 0. The van der Waals surface area contributed by atoms with E-state index in [2.05, 4.69) is 10.5 Å². The van der Waals surface area contributed by atoms with Crippen molar-refractivity contribution in [2.75, 3.05) is 4.90 Å². The van der Waals surface area contributed by atoms with Crippen molar-refractivity contribution < 1.29 is 18.8 Å². The number of carbonyl (C=O) groups is 3. The van der Waals surface area contributed by atoms with E-state index < -0.39 is 34.9 Å². The Kier molecular flexibility index (Phi) is 5.85. The van der Waals surface area contributed by atoms with Crippen molar-refractivity contribution >= 4 is 52.8 Å². The van der Waals surface area contributed by atoms with Crippen molar-refractivity contribution in [2.24, 2.45) is 16.9 Å². The Bertz CT molecular complexity index is 1760. The lowest BCUT2D eigenvalue weighted by molar-refractivity contribution is -0.122. The van der Waals surface area contributed by atoms with Gasteiger partial charge in [0, 0.05) is 22.7 Å². The average Bonchev–Trinajstić information content (AvgIpc) is 3.25. The van der Waals surface area contributed by atoms with E-state index in [-0.39, 0.29) is 28.1 Å². The van der Waals surface area contributed by atoms with Crippen molar-refractivity contribution in [3.05, 3.63) is 135 Å². The molecule has 6 nitrogen and oxygen atoms in total. The number of hydrogen-bond acceptors (Lipinski definition) is 4. The van der Waals surface area contributed by atoms with Crippen LogP contribution in [0.5, 0.6) is 0 Å². The molecule has 4 aromatic carbocycles. The largest absolute Gasteiger partial charge is 0.274 e. The van der Waals surface area contributed by atoms with E-state index in [0.717, 1.165) is 27.2 Å². The minimum Gasteiger partial charge on any atom is -0.274 e. The van der Waals surface area contributed by atoms with Gasteiger partial charge >= 0.3 is 0 Å². The third kappa shape index (κ3) is 3.62. The normalized spacial score (nSPS) is 23.9. The summed E-state index contributed by atoms with van der Waals surface area (Å²) in [5.74, 6) is -3.75. The number of halogens is 3. The zero-order valence-electron chi connectivity index (χ0n) is 21.2. The lowest BCUT2D eigenvalue weighted by atomic mass is 9.47. The van der Waals surface area contributed by atoms with Crippen LogP contribution in [0.25, 0.3) is 0 Å². The SMILES string of the molecule is O=C(NN=CC12c3ccccc3C(c3ccccc31)C1C(=O)N(c3cc(Cl)ccc3Cl)C(=O)C12)c1ccc(F)cc1. The monoisotopic (exact) mass is 583 g/mol. The van der Waals surface area contributed by atoms with Gasteiger partial charge in [-0.1, -0.05) is 71.7 Å². The van der Waals surface area contributed by atoms with Gasteiger partial charge in [0.15, 0.2) is 0 Å². The highest BCUT2D eigenvalue weighted by Gasteiger charge is 2.68. The third-order valence-electron chi connectivity index (χ3n) is 8.37. The standard InChI is InChI=1S/C32H20Cl2FN3O3/c33-18-11-14-24(34)25(15-18)38-30(40)27-26-20-5-1-3-7-22(20)32(28(27)31(38)41,23-8-4-2-6-21(23)26)16-36-37-29(39)17-9-12-19(35)13-10-17/h1-16,26-28H,(H,37,39). The average molecular weight is 584 g/mol. The Morgan fingerprint density at radius 2 is 1.51 bits per heavy atom. The summed E-state index contributed by atoms with van der Waals surface area (Å²) >= 11 is 12.7. The highest BCUT2D eigenvalue weighted by atomic mass is 35.5. The number of benzene rings is 4. The molecule has 0 radical (unpaired) electrons. The highest BCUT2D eigenvalue weighted by Crippen LogP contribution is 2.63. The van der Waals surface area contributed by atoms with Crippen molar-refractivity contribution in [2.45, 2.75) is 11.3 Å². The number of carbonyl (C=O) groups excluding carboxylic acids is 3. The van der Waals surface area contributed by atoms with Crippen molar-refractivity contribution in [3.8, 4) is 0 Å². The fourth-order valence-electron chi connectivity index (χ4n) is 6.80. The first-order valence-corrected chi connectivity index (χ1v) is 13.7. The molecule has 4 aliphatic rings. The van der Waals surface area contributed by atoms with Gasteiger partial charge < -0.3 is 0 Å². The van der Waals surface area contributed by atoms with E-state index >= 15 is 0 Å². The summed E-state index contributed by atoms with van der Waals surface area (Å²) in [7, 11) is 0. The van der Waals surface area contributed by atoms with Crippen LogP contribution in [0.15, 0.2) is 96.1 Å². The van der Waals surface area contributed by atoms with Crippen LogP contribution in [0.1, 0.15) is 38.5 Å². The van der Waals surface area contributed by atoms with Crippen LogP contribution in [0, 0.1) is 17.7 Å². The number of anilines is 1. The number of hydrogen-bond donors (Lipinski definition) is 1. The first-order chi connectivity index (χ1) is 19.8. The van der Waals surface area contributed by atoms with Crippen LogP contribution >= 0.6 is 23.2 Å². The molecule has 0 saturated carbocycles. The van der Waals surface area contributed by atoms with Crippen LogP contribution in [-0.4, -0.2) is 23.9 Å². The summed E-state index contributed by atoms with van der Waals surface area (Å²) < 4.78 is 13.4. The fourth-order valence-corrected chi connectivity index (χ4v) is 7.17. The second-order valence-corrected chi connectivity index (χ2v) is 11.2. The molecule has 1 N–H and O–H groups in total. The molecule has 9 heteroatoms. The fraction of sp³-hybridized carbons (Fsp3) is 0.125. The van der Waals surface area contributed by atoms with E-state index in [9.17, 15) is 18.8 Å². The molecule has 4 aromatic rings. The summed E-state index contributed by atoms with van der Waals surface area (Å²) in [5.41, 5.74) is 5.33. The van der Waals surface area contributed by atoms with Crippen LogP contribution < -0.4 is 10.3 Å². The van der Waals surface area contributed by atoms with Gasteiger partial charge in [-0.2, -0.15) is 5.10 Å². The van der Waals surface area contributed by atoms with Crippen LogP contribution in [-0.2, 0) is 15.0 Å². The van der Waals surface area contributed by atoms with Gasteiger partial charge in [0.2, 0.25) is 11.8 Å². The lowest BCUT2D eigenvalue weighted by Crippen LogP contribution is -2.54. The molecule has 1 fully saturated rings. The van der Waals surface area contributed by atoms with Gasteiger partial charge in [-0.05, 0) is 64.7 Å². The Morgan fingerprint density at radius 1 is 0.878 bits per heavy atom. The molecule has 3 aliphatic carbocycles. The first kappa shape index (κ1) is 25.6. The predicted octanol–water partition coefficient (Wildman–Crippen LogP) is 6.10. The molecular weight excluding hydrogens is 564 g/mol. The minimum absolute atomic E-state index is 0.223. The minimum atomic E-state index is -1.17. The van der Waals surface area contributed by atoms with E-state index in [1.54, 1.807) is 18.3 Å². The molecule has 8 rings (SSSR count). The number of nitrogens with zero attached hydrogens (tertiary/aromatic N) is 2. The molecule has 1 heterocycles. The lowest BCUT2D eigenvalue weighted by Gasteiger charge is -2.52. The molecule has 0 spiro atoms. The maximum Gasteiger partial charge on any atom is 0.271 e. The Morgan fingerprint density at radius 3 is 2.17 bits per heavy atom. The Labute approximate surface area is 244 Å². The molecule has 3 amide bonds. The molecule has 202 valence electrons. The number of hydrazone groups is 1. The van der Waals surface area contributed by atoms with E-state index in [0.29, 0.717) is 5.02 Å². The van der Waals surface area contributed by atoms with Crippen molar-refractivity contribution in [1.29, 1.82) is 0 Å². The Hall–Kier alpha value is -4.33. The first-order valence-electron chi connectivity index (χ1n) is 12.9. The molecular formula is C32H20Cl2FN3O3. The smallest absolute Gasteiger partial charge is 0.271 e. The van der Waals surface area contributed by atoms with Crippen LogP contribution in [0.2, 0.25) is 10.0 Å². The number of nitrogens with one attached hydrogen (secondary N) is 1. The number of rotatable bonds is 4. The molecule has 2 unspecified atom stereocenters. The van der Waals surface area contributed by atoms with E-state index in [1.165, 1.54) is 30.3 Å². The van der Waals surface area contributed by atoms with E-state index in [1.807, 2.05) is 48.5 Å². The summed E-state index contributed by atoms with van der Waals surface area (Å²) in [5, 5.41) is 4.93. The van der Waals surface area contributed by atoms with Gasteiger partial charge in [0.25, 0.3) is 5.91 Å². The van der Waals surface area contributed by atoms with Crippen molar-refractivity contribution in [3.63, 3.8) is 0 Å². The predicted molar refractivity (Wildman–Crippen MR) is 154 cm³/mol. The molecule has 2 atom stereocenters. The molecule has 1 saturated heterocycles. The second kappa shape index (κ2) is 9.36. The highest BCUT2D eigenvalue weighted by molar-refractivity contribution is 6.38. The van der Waals surface area contributed by atoms with Gasteiger partial charge in [-0.3, -0.25) is 14.4 Å². The third-order valence-corrected chi connectivity index (χ3v) is 8.93. The zero-order valence-corrected chi connectivity index (χ0v) is 22.7. The molecule has 41 heavy (non-hydrogen) atoms. The molecule has 1 aliphatic heterocycles. The van der Waals surface area contributed by atoms with Gasteiger partial charge in [0.05, 0.1) is 28.0 Å². The second-order valence-electron chi connectivity index (χ2n) is 10.3. The number of imide groups is 1. The van der Waals surface area contributed by atoms with Gasteiger partial charge in [-0.15, -0.1) is 0 Å². The molecule has 0 aromatic heterocycles. The molecule has 2 bridgehead atoms. The quantitative estimate of drug-likeness (QED) is 0.179. The maximum atomic E-state index is 14.4. The van der Waals surface area contributed by atoms with Crippen LogP contribution in [0.4, 0.5) is 10.1 Å². The topological polar surface area (TPSA) is 78.8 Å². The van der Waals surface area contributed by atoms with Crippen molar-refractivity contribution in [1.82, 2.24) is 5.43 Å². The number of amides is 3. The summed E-state index contributed by atoms with van der Waals surface area (Å²) in [4.78, 5) is 42.6. The zero-order chi connectivity index (χ0) is 28.5. The summed E-state index contributed by atoms with van der Waals surface area (Å²) in [6.07, 6.45) is 1.56. The van der Waals surface area contributed by atoms with E-state index in [4.69, 9.17) is 23.2 Å². The Balaban J connectivity index is 1.41.